The topological polar surface area (TPSA) is 58.2 Å². The molecule has 0 aliphatic carbocycles. The van der Waals surface area contributed by atoms with E-state index in [9.17, 15) is 9.59 Å². The second-order valence-electron chi connectivity index (χ2n) is 5.38. The van der Waals surface area contributed by atoms with Crippen LogP contribution in [-0.4, -0.2) is 24.8 Å². The zero-order valence-corrected chi connectivity index (χ0v) is 11.9. The third-order valence-electron chi connectivity index (χ3n) is 3.78. The van der Waals surface area contributed by atoms with Crippen molar-refractivity contribution in [3.63, 3.8) is 0 Å². The first-order valence-electron chi connectivity index (χ1n) is 7.27. The normalized spacial score (nSPS) is 15.8. The molecule has 1 aliphatic rings. The van der Waals surface area contributed by atoms with E-state index < -0.39 is 0 Å². The Bertz CT molecular complexity index is 479. The lowest BCUT2D eigenvalue weighted by Gasteiger charge is -2.22. The monoisotopic (exact) mass is 274 g/mol. The van der Waals surface area contributed by atoms with Gasteiger partial charge in [0.15, 0.2) is 5.78 Å². The molecule has 0 unspecified atom stereocenters. The van der Waals surface area contributed by atoms with Crippen LogP contribution in [0.5, 0.6) is 0 Å². The molecular weight excluding hydrogens is 252 g/mol. The van der Waals surface area contributed by atoms with Gasteiger partial charge < -0.3 is 10.6 Å². The van der Waals surface area contributed by atoms with Crippen LogP contribution in [0, 0.1) is 5.92 Å². The summed E-state index contributed by atoms with van der Waals surface area (Å²) in [5, 5.41) is 6.05. The Kier molecular flexibility index (Phi) is 5.30. The van der Waals surface area contributed by atoms with E-state index in [1.165, 1.54) is 6.92 Å². The van der Waals surface area contributed by atoms with Crippen molar-refractivity contribution < 1.29 is 9.59 Å². The van der Waals surface area contributed by atoms with Crippen molar-refractivity contribution in [3.8, 4) is 0 Å². The Morgan fingerprint density at radius 3 is 2.65 bits per heavy atom. The first-order valence-corrected chi connectivity index (χ1v) is 7.27. The molecule has 20 heavy (non-hydrogen) atoms. The second kappa shape index (κ2) is 7.20. The van der Waals surface area contributed by atoms with E-state index in [2.05, 4.69) is 10.6 Å². The molecule has 0 spiro atoms. The lowest BCUT2D eigenvalue weighted by molar-refractivity contribution is -0.114. The lowest BCUT2D eigenvalue weighted by atomic mass is 9.91. The summed E-state index contributed by atoms with van der Waals surface area (Å²) in [6.45, 7) is 3.57. The highest BCUT2D eigenvalue weighted by atomic mass is 16.1. The van der Waals surface area contributed by atoms with Gasteiger partial charge in [-0.1, -0.05) is 12.1 Å². The second-order valence-corrected chi connectivity index (χ2v) is 5.38. The average Bonchev–Trinajstić information content (AvgIpc) is 2.46. The molecule has 0 saturated carbocycles. The maximum absolute atomic E-state index is 12.3. The zero-order valence-electron chi connectivity index (χ0n) is 11.9. The molecule has 4 nitrogen and oxygen atoms in total. The van der Waals surface area contributed by atoms with Crippen LogP contribution < -0.4 is 10.6 Å². The molecular formula is C16H22N2O2. The van der Waals surface area contributed by atoms with Crippen LogP contribution in [-0.2, 0) is 4.79 Å². The van der Waals surface area contributed by atoms with E-state index in [1.54, 1.807) is 12.1 Å². The molecule has 1 aromatic rings. The number of carbonyl (C=O) groups is 2. The van der Waals surface area contributed by atoms with Gasteiger partial charge in [-0.25, -0.2) is 0 Å². The van der Waals surface area contributed by atoms with Gasteiger partial charge in [0.1, 0.15) is 0 Å². The zero-order chi connectivity index (χ0) is 14.4. The predicted molar refractivity (Wildman–Crippen MR) is 79.9 cm³/mol. The quantitative estimate of drug-likeness (QED) is 0.811. The van der Waals surface area contributed by atoms with Gasteiger partial charge in [-0.15, -0.1) is 0 Å². The van der Waals surface area contributed by atoms with Crippen molar-refractivity contribution in [2.45, 2.75) is 32.6 Å². The van der Waals surface area contributed by atoms with Crippen molar-refractivity contribution in [1.82, 2.24) is 5.32 Å². The fourth-order valence-corrected chi connectivity index (χ4v) is 2.67. The third-order valence-corrected chi connectivity index (χ3v) is 3.78. The number of benzene rings is 1. The maximum atomic E-state index is 12.3. The van der Waals surface area contributed by atoms with Crippen LogP contribution >= 0.6 is 0 Å². The Morgan fingerprint density at radius 2 is 1.95 bits per heavy atom. The molecule has 1 saturated heterocycles. The number of ketones is 1. The Hall–Kier alpha value is -1.68. The van der Waals surface area contributed by atoms with E-state index in [1.807, 2.05) is 12.1 Å². The van der Waals surface area contributed by atoms with Crippen LogP contribution in [0.4, 0.5) is 5.69 Å². The molecule has 108 valence electrons. The van der Waals surface area contributed by atoms with Gasteiger partial charge in [0.25, 0.3) is 0 Å². The van der Waals surface area contributed by atoms with Gasteiger partial charge in [-0.05, 0) is 50.4 Å². The summed E-state index contributed by atoms with van der Waals surface area (Å²) in [6.07, 6.45) is 3.80. The summed E-state index contributed by atoms with van der Waals surface area (Å²) < 4.78 is 0. The van der Waals surface area contributed by atoms with E-state index >= 15 is 0 Å². The summed E-state index contributed by atoms with van der Waals surface area (Å²) >= 11 is 0. The summed E-state index contributed by atoms with van der Waals surface area (Å²) in [6, 6.07) is 7.23. The Labute approximate surface area is 119 Å². The number of piperidine rings is 1. The fourth-order valence-electron chi connectivity index (χ4n) is 2.67. The SMILES string of the molecule is CC(=O)Nc1ccccc1C(=O)CCC1CCNCC1. The Morgan fingerprint density at radius 1 is 1.25 bits per heavy atom. The standard InChI is InChI=1S/C16H22N2O2/c1-12(19)18-15-5-3-2-4-14(15)16(20)7-6-13-8-10-17-11-9-13/h2-5,13,17H,6-11H2,1H3,(H,18,19). The molecule has 1 aliphatic heterocycles. The van der Waals surface area contributed by atoms with Crippen LogP contribution in [0.15, 0.2) is 24.3 Å². The molecule has 1 amide bonds. The van der Waals surface area contributed by atoms with Gasteiger partial charge in [0.05, 0.1) is 5.69 Å². The van der Waals surface area contributed by atoms with Gasteiger partial charge in [0, 0.05) is 18.9 Å². The Balaban J connectivity index is 1.96. The number of anilines is 1. The first kappa shape index (κ1) is 14.7. The average molecular weight is 274 g/mol. The number of amides is 1. The van der Waals surface area contributed by atoms with E-state index in [0.29, 0.717) is 23.6 Å². The van der Waals surface area contributed by atoms with Crippen molar-refractivity contribution in [1.29, 1.82) is 0 Å². The van der Waals surface area contributed by atoms with Crippen LogP contribution in [0.25, 0.3) is 0 Å². The largest absolute Gasteiger partial charge is 0.326 e. The summed E-state index contributed by atoms with van der Waals surface area (Å²) in [7, 11) is 0. The van der Waals surface area contributed by atoms with E-state index in [-0.39, 0.29) is 11.7 Å². The van der Waals surface area contributed by atoms with Gasteiger partial charge in [0.2, 0.25) is 5.91 Å². The van der Waals surface area contributed by atoms with Gasteiger partial charge in [-0.2, -0.15) is 0 Å². The number of carbonyl (C=O) groups excluding carboxylic acids is 2. The molecule has 0 atom stereocenters. The molecule has 1 aromatic carbocycles. The van der Waals surface area contributed by atoms with Crippen LogP contribution in [0.3, 0.4) is 0 Å². The number of para-hydroxylation sites is 1. The summed E-state index contributed by atoms with van der Waals surface area (Å²) in [5.41, 5.74) is 1.24. The summed E-state index contributed by atoms with van der Waals surface area (Å²) in [4.78, 5) is 23.5. The lowest BCUT2D eigenvalue weighted by Crippen LogP contribution is -2.28. The van der Waals surface area contributed by atoms with Crippen molar-refractivity contribution in [2.24, 2.45) is 5.92 Å². The molecule has 2 N–H and O–H groups in total. The van der Waals surface area contributed by atoms with Crippen molar-refractivity contribution in [2.75, 3.05) is 18.4 Å². The number of nitrogens with one attached hydrogen (secondary N) is 2. The van der Waals surface area contributed by atoms with Gasteiger partial charge >= 0.3 is 0 Å². The van der Waals surface area contributed by atoms with Crippen LogP contribution in [0.1, 0.15) is 43.0 Å². The van der Waals surface area contributed by atoms with Gasteiger partial charge in [-0.3, -0.25) is 9.59 Å². The minimum atomic E-state index is -0.149. The molecule has 1 heterocycles. The maximum Gasteiger partial charge on any atom is 0.221 e. The van der Waals surface area contributed by atoms with Crippen molar-refractivity contribution in [3.05, 3.63) is 29.8 Å². The van der Waals surface area contributed by atoms with E-state index in [4.69, 9.17) is 0 Å². The number of hydrogen-bond donors (Lipinski definition) is 2. The third kappa shape index (κ3) is 4.17. The number of Topliss-reactive ketones (excluding diaryl/α,β-unsaturated/α-hetero) is 1. The smallest absolute Gasteiger partial charge is 0.221 e. The predicted octanol–water partition coefficient (Wildman–Crippen LogP) is 2.61. The fraction of sp³-hybridized carbons (Fsp3) is 0.500. The molecule has 4 heteroatoms. The highest BCUT2D eigenvalue weighted by Gasteiger charge is 2.17. The molecule has 0 radical (unpaired) electrons. The molecule has 2 rings (SSSR count). The summed E-state index contributed by atoms with van der Waals surface area (Å²) in [5.74, 6) is 0.615. The minimum Gasteiger partial charge on any atom is -0.326 e. The number of rotatable bonds is 5. The molecule has 0 bridgehead atoms. The van der Waals surface area contributed by atoms with E-state index in [0.717, 1.165) is 32.4 Å². The molecule has 1 fully saturated rings. The van der Waals surface area contributed by atoms with Crippen LogP contribution in [0.2, 0.25) is 0 Å². The first-order chi connectivity index (χ1) is 9.66. The minimum absolute atomic E-state index is 0.118. The van der Waals surface area contributed by atoms with Crippen molar-refractivity contribution >= 4 is 17.4 Å². The number of hydrogen-bond acceptors (Lipinski definition) is 3. The molecule has 0 aromatic heterocycles. The highest BCUT2D eigenvalue weighted by molar-refractivity contribution is 6.04. The highest BCUT2D eigenvalue weighted by Crippen LogP contribution is 2.22.